The average molecular weight is 171 g/mol. The van der Waals surface area contributed by atoms with E-state index in [0.29, 0.717) is 0 Å². The van der Waals surface area contributed by atoms with Gasteiger partial charge in [0.25, 0.3) is 5.96 Å². The fourth-order valence-electron chi connectivity index (χ4n) is 0.487. The van der Waals surface area contributed by atoms with Crippen LogP contribution in [0.4, 0.5) is 0 Å². The maximum Gasteiger partial charge on any atom is 0.267 e. The van der Waals surface area contributed by atoms with E-state index in [1.165, 1.54) is 6.19 Å². The molecular formula is C5H9N5O2. The molecule has 7 heteroatoms. The molecule has 0 aliphatic heterocycles. The van der Waals surface area contributed by atoms with Gasteiger partial charge in [0.1, 0.15) is 0 Å². The Hall–Kier alpha value is -1.84. The standard InChI is InChI=1S/C5H9N5O2/c1-4(2)8-5(7-3-6)9-10(11)12/h4H,1-2H3,(H2,7,8,9). The van der Waals surface area contributed by atoms with Crippen LogP contribution in [0.2, 0.25) is 0 Å². The van der Waals surface area contributed by atoms with E-state index in [1.54, 1.807) is 19.3 Å². The molecule has 0 fully saturated rings. The number of nitriles is 1. The number of nitrogens with zero attached hydrogens (tertiary/aromatic N) is 3. The highest BCUT2D eigenvalue weighted by molar-refractivity contribution is 5.80. The number of hydrazine groups is 1. The van der Waals surface area contributed by atoms with Crippen molar-refractivity contribution in [2.75, 3.05) is 0 Å². The highest BCUT2D eigenvalue weighted by Gasteiger charge is 2.04. The van der Waals surface area contributed by atoms with Crippen molar-refractivity contribution in [3.63, 3.8) is 0 Å². The Morgan fingerprint density at radius 3 is 2.67 bits per heavy atom. The summed E-state index contributed by atoms with van der Waals surface area (Å²) in [5, 5.41) is 19.4. The van der Waals surface area contributed by atoms with E-state index < -0.39 is 5.03 Å². The van der Waals surface area contributed by atoms with Gasteiger partial charge in [-0.3, -0.25) is 5.32 Å². The minimum Gasteiger partial charge on any atom is -0.258 e. The first-order chi connectivity index (χ1) is 5.56. The summed E-state index contributed by atoms with van der Waals surface area (Å²) in [5.41, 5.74) is 1.75. The molecule has 0 spiro atoms. The van der Waals surface area contributed by atoms with Crippen molar-refractivity contribution in [1.82, 2.24) is 10.7 Å². The highest BCUT2D eigenvalue weighted by Crippen LogP contribution is 1.84. The highest BCUT2D eigenvalue weighted by atomic mass is 16.7. The van der Waals surface area contributed by atoms with Crippen LogP contribution in [0, 0.1) is 21.6 Å². The Kier molecular flexibility index (Phi) is 4.15. The molecule has 0 heterocycles. The molecule has 12 heavy (non-hydrogen) atoms. The molecule has 0 aromatic heterocycles. The van der Waals surface area contributed by atoms with Crippen molar-refractivity contribution in [2.24, 2.45) is 4.99 Å². The first kappa shape index (κ1) is 10.2. The molecule has 0 aromatic carbocycles. The molecule has 0 saturated heterocycles. The van der Waals surface area contributed by atoms with Crippen LogP contribution in [0.5, 0.6) is 0 Å². The minimum atomic E-state index is -0.786. The van der Waals surface area contributed by atoms with Crippen LogP contribution >= 0.6 is 0 Å². The smallest absolute Gasteiger partial charge is 0.258 e. The van der Waals surface area contributed by atoms with Gasteiger partial charge in [0.2, 0.25) is 0 Å². The summed E-state index contributed by atoms with van der Waals surface area (Å²) in [6.45, 7) is 3.47. The Labute approximate surface area is 69.2 Å². The van der Waals surface area contributed by atoms with E-state index in [4.69, 9.17) is 5.26 Å². The van der Waals surface area contributed by atoms with Gasteiger partial charge in [-0.2, -0.15) is 5.26 Å². The van der Waals surface area contributed by atoms with Crippen molar-refractivity contribution in [1.29, 1.82) is 5.26 Å². The topological polar surface area (TPSA) is 103 Å². The molecule has 0 aliphatic carbocycles. The zero-order valence-electron chi connectivity index (χ0n) is 6.74. The van der Waals surface area contributed by atoms with E-state index in [1.807, 2.05) is 5.32 Å². The van der Waals surface area contributed by atoms with Gasteiger partial charge in [-0.25, -0.2) is 15.1 Å². The molecule has 2 N–H and O–H groups in total. The summed E-state index contributed by atoms with van der Waals surface area (Å²) in [4.78, 5) is 13.7. The summed E-state index contributed by atoms with van der Waals surface area (Å²) in [6.07, 6.45) is 1.53. The van der Waals surface area contributed by atoms with Crippen LogP contribution in [0.1, 0.15) is 13.8 Å². The average Bonchev–Trinajstić information content (AvgIpc) is 1.84. The first-order valence-electron chi connectivity index (χ1n) is 3.20. The van der Waals surface area contributed by atoms with Crippen LogP contribution in [0.3, 0.4) is 0 Å². The lowest BCUT2D eigenvalue weighted by Gasteiger charge is -2.01. The summed E-state index contributed by atoms with van der Waals surface area (Å²) in [7, 11) is 0. The van der Waals surface area contributed by atoms with Gasteiger partial charge in [0.05, 0.1) is 0 Å². The van der Waals surface area contributed by atoms with Gasteiger partial charge in [-0.1, -0.05) is 5.43 Å². The lowest BCUT2D eigenvalue weighted by Crippen LogP contribution is -2.38. The molecule has 0 amide bonds. The number of guanidine groups is 1. The molecule has 7 nitrogen and oxygen atoms in total. The van der Waals surface area contributed by atoms with E-state index in [0.717, 1.165) is 0 Å². The van der Waals surface area contributed by atoms with Crippen LogP contribution in [0.25, 0.3) is 0 Å². The zero-order valence-corrected chi connectivity index (χ0v) is 6.74. The second-order valence-corrected chi connectivity index (χ2v) is 2.18. The third kappa shape index (κ3) is 4.99. The van der Waals surface area contributed by atoms with Crippen LogP contribution in [-0.2, 0) is 0 Å². The monoisotopic (exact) mass is 171 g/mol. The molecule has 0 aromatic rings. The molecular weight excluding hydrogens is 162 g/mol. The zero-order chi connectivity index (χ0) is 9.56. The van der Waals surface area contributed by atoms with Crippen molar-refractivity contribution < 1.29 is 5.03 Å². The largest absolute Gasteiger partial charge is 0.267 e. The molecule has 66 valence electrons. The number of nitrogens with one attached hydrogen (secondary N) is 2. The number of hydrogen-bond donors (Lipinski definition) is 2. The summed E-state index contributed by atoms with van der Waals surface area (Å²) < 4.78 is 0. The maximum absolute atomic E-state index is 9.93. The van der Waals surface area contributed by atoms with Gasteiger partial charge in [-0.05, 0) is 13.8 Å². The van der Waals surface area contributed by atoms with Crippen LogP contribution < -0.4 is 10.7 Å². The Morgan fingerprint density at radius 2 is 2.33 bits per heavy atom. The number of rotatable bonds is 2. The number of aliphatic imine (C=N–C) groups is 1. The third-order valence-corrected chi connectivity index (χ3v) is 0.759. The van der Waals surface area contributed by atoms with E-state index in [2.05, 4.69) is 4.99 Å². The minimum absolute atomic E-state index is 0.117. The second kappa shape index (κ2) is 4.90. The Morgan fingerprint density at radius 1 is 1.75 bits per heavy atom. The number of hydrogen-bond acceptors (Lipinski definition) is 4. The Bertz CT molecular complexity index is 228. The molecule has 0 atom stereocenters. The molecule has 0 saturated carbocycles. The van der Waals surface area contributed by atoms with Gasteiger partial charge in [0, 0.05) is 6.04 Å². The number of nitro groups is 1. The quantitative estimate of drug-likeness (QED) is 0.147. The van der Waals surface area contributed by atoms with Gasteiger partial charge >= 0.3 is 0 Å². The lowest BCUT2D eigenvalue weighted by molar-refractivity contribution is -0.525. The third-order valence-electron chi connectivity index (χ3n) is 0.759. The van der Waals surface area contributed by atoms with Crippen LogP contribution in [-0.4, -0.2) is 17.0 Å². The summed E-state index contributed by atoms with van der Waals surface area (Å²) >= 11 is 0. The van der Waals surface area contributed by atoms with Crippen LogP contribution in [0.15, 0.2) is 4.99 Å². The van der Waals surface area contributed by atoms with Gasteiger partial charge in [-0.15, -0.1) is 0 Å². The molecule has 0 aliphatic rings. The normalized spacial score (nSPS) is 10.7. The van der Waals surface area contributed by atoms with Crippen molar-refractivity contribution in [3.8, 4) is 6.19 Å². The fraction of sp³-hybridized carbons (Fsp3) is 0.600. The second-order valence-electron chi connectivity index (χ2n) is 2.18. The van der Waals surface area contributed by atoms with Crippen molar-refractivity contribution in [3.05, 3.63) is 10.1 Å². The molecule has 0 unspecified atom stereocenters. The van der Waals surface area contributed by atoms with Crippen molar-refractivity contribution >= 4 is 5.96 Å². The SMILES string of the molecule is CC(C)N=C(NC#N)N[N+](=O)[O-]. The molecule has 0 bridgehead atoms. The molecule has 0 radical (unpaired) electrons. The van der Waals surface area contributed by atoms with E-state index >= 15 is 0 Å². The van der Waals surface area contributed by atoms with E-state index in [9.17, 15) is 10.1 Å². The van der Waals surface area contributed by atoms with E-state index in [-0.39, 0.29) is 12.0 Å². The first-order valence-corrected chi connectivity index (χ1v) is 3.20. The van der Waals surface area contributed by atoms with Gasteiger partial charge in [0.15, 0.2) is 11.2 Å². The lowest BCUT2D eigenvalue weighted by atomic mass is 10.4. The fourth-order valence-corrected chi connectivity index (χ4v) is 0.487. The summed E-state index contributed by atoms with van der Waals surface area (Å²) in [5.74, 6) is -0.155. The maximum atomic E-state index is 9.93. The molecule has 0 rings (SSSR count). The predicted octanol–water partition coefficient (Wildman–Crippen LogP) is -0.397. The predicted molar refractivity (Wildman–Crippen MR) is 41.4 cm³/mol. The van der Waals surface area contributed by atoms with Gasteiger partial charge < -0.3 is 0 Å². The van der Waals surface area contributed by atoms with Crippen molar-refractivity contribution in [2.45, 2.75) is 19.9 Å². The summed E-state index contributed by atoms with van der Waals surface area (Å²) in [6, 6.07) is -0.117. The Balaban J connectivity index is 4.24.